The Hall–Kier alpha value is -2.24. The number of thiazole rings is 1. The molecule has 2 aliphatic rings. The first kappa shape index (κ1) is 28.0. The number of fused-ring (bicyclic) bond motifs is 1. The number of oxime groups is 1. The number of hydrogen-bond acceptors (Lipinski definition) is 12. The molecule has 3 rings (SSSR count). The summed E-state index contributed by atoms with van der Waals surface area (Å²) in [4.78, 5) is 57.6. The van der Waals surface area contributed by atoms with E-state index in [1.165, 1.54) is 29.2 Å². The van der Waals surface area contributed by atoms with E-state index in [-0.39, 0.29) is 64.8 Å². The topological polar surface area (TPSA) is 205 Å². The summed E-state index contributed by atoms with van der Waals surface area (Å²) < 4.78 is 0. The Morgan fingerprint density at radius 2 is 2.12 bits per heavy atom. The number of carbonyl (C=O) groups is 4. The van der Waals surface area contributed by atoms with Crippen LogP contribution < -0.4 is 56.8 Å². The number of primary amides is 1. The number of nitrogens with two attached hydrogens (primary N) is 2. The molecule has 0 aliphatic carbocycles. The van der Waals surface area contributed by atoms with Crippen LogP contribution in [-0.4, -0.2) is 75.1 Å². The molecular formula is C17H18N7NaO6S3. The standard InChI is InChI=1S/C17H19N7O6S3.Na/c1-30-23-8(7-5-33-17(19)21-7)12(26)22-9-14(28)24-10(16(29)31)6(4-32-15(9)24)2-3-20-13(27)11(18)25;/h5,9,15H,2-4H2,1H3,(H2,18,25)(H2,19,21)(H,20,27)(H,22,26)(H,29,31);/q;+1/p-1/b23-8-;/t9?,15-;/m1./s1. The first-order valence-corrected chi connectivity index (χ1v) is 11.6. The summed E-state index contributed by atoms with van der Waals surface area (Å²) in [7, 11) is 1.26. The van der Waals surface area contributed by atoms with E-state index in [2.05, 4.69) is 20.8 Å². The number of anilines is 1. The Labute approximate surface area is 229 Å². The van der Waals surface area contributed by atoms with Gasteiger partial charge in [0, 0.05) is 23.4 Å². The summed E-state index contributed by atoms with van der Waals surface area (Å²) in [5.41, 5.74) is 11.1. The van der Waals surface area contributed by atoms with Crippen molar-refractivity contribution >= 4 is 74.8 Å². The van der Waals surface area contributed by atoms with E-state index < -0.39 is 40.1 Å². The van der Waals surface area contributed by atoms with Crippen LogP contribution in [0, 0.1) is 0 Å². The fourth-order valence-corrected chi connectivity index (χ4v) is 5.36. The fourth-order valence-electron chi connectivity index (χ4n) is 3.18. The van der Waals surface area contributed by atoms with Crippen molar-refractivity contribution in [3.8, 4) is 0 Å². The van der Waals surface area contributed by atoms with Gasteiger partial charge in [-0.2, -0.15) is 0 Å². The molecule has 1 aromatic rings. The minimum absolute atomic E-state index is 0. The van der Waals surface area contributed by atoms with Crippen LogP contribution in [0.2, 0.25) is 0 Å². The van der Waals surface area contributed by atoms with Crippen molar-refractivity contribution in [2.24, 2.45) is 10.9 Å². The maximum absolute atomic E-state index is 12.8. The zero-order valence-corrected chi connectivity index (χ0v) is 22.5. The quantitative estimate of drug-likeness (QED) is 0.0620. The predicted molar refractivity (Wildman–Crippen MR) is 122 cm³/mol. The molecule has 6 N–H and O–H groups in total. The van der Waals surface area contributed by atoms with E-state index in [0.29, 0.717) is 11.3 Å². The van der Waals surface area contributed by atoms with Crippen LogP contribution in [-0.2, 0) is 24.0 Å². The largest absolute Gasteiger partial charge is 1.00 e. The summed E-state index contributed by atoms with van der Waals surface area (Å²) in [5, 5.41) is 21.2. The van der Waals surface area contributed by atoms with Gasteiger partial charge in [0.2, 0.25) is 0 Å². The molecule has 1 aromatic heterocycles. The Morgan fingerprint density at radius 1 is 1.41 bits per heavy atom. The van der Waals surface area contributed by atoms with Gasteiger partial charge in [0.15, 0.2) is 10.8 Å². The third kappa shape index (κ3) is 5.87. The van der Waals surface area contributed by atoms with E-state index in [1.54, 1.807) is 0 Å². The molecule has 0 bridgehead atoms. The van der Waals surface area contributed by atoms with Gasteiger partial charge in [-0.3, -0.25) is 24.1 Å². The molecule has 34 heavy (non-hydrogen) atoms. The Balaban J connectivity index is 0.00000408. The SMILES string of the molecule is CO/N=C(\C(=O)NC1C(=O)N2C(C([O-])=S)=C(CCNC(=O)C(N)=O)CS[C@H]12)c1csc(N)n1.[Na+]. The van der Waals surface area contributed by atoms with Gasteiger partial charge in [-0.15, -0.1) is 23.1 Å². The van der Waals surface area contributed by atoms with Gasteiger partial charge in [0.1, 0.15) is 24.2 Å². The van der Waals surface area contributed by atoms with Crippen molar-refractivity contribution in [3.05, 3.63) is 22.3 Å². The van der Waals surface area contributed by atoms with Crippen LogP contribution in [0.4, 0.5) is 5.13 Å². The molecule has 13 nitrogen and oxygen atoms in total. The number of β-lactam (4-membered cyclic amide) rings is 1. The summed E-state index contributed by atoms with van der Waals surface area (Å²) >= 11 is 7.22. The minimum Gasteiger partial charge on any atom is -0.863 e. The molecule has 4 amide bonds. The van der Waals surface area contributed by atoms with Crippen LogP contribution >= 0.6 is 35.3 Å². The second kappa shape index (κ2) is 11.9. The minimum atomic E-state index is -1.13. The van der Waals surface area contributed by atoms with E-state index >= 15 is 0 Å². The second-order valence-corrected chi connectivity index (χ2v) is 9.03. The van der Waals surface area contributed by atoms with Gasteiger partial charge in [-0.25, -0.2) is 4.98 Å². The van der Waals surface area contributed by atoms with Gasteiger partial charge < -0.3 is 32.0 Å². The fraction of sp³-hybridized carbons (Fsp3) is 0.353. The van der Waals surface area contributed by atoms with E-state index in [4.69, 9.17) is 28.5 Å². The van der Waals surface area contributed by atoms with Crippen molar-refractivity contribution < 1.29 is 58.7 Å². The van der Waals surface area contributed by atoms with Crippen molar-refractivity contribution in [3.63, 3.8) is 0 Å². The third-order valence-electron chi connectivity index (χ3n) is 4.63. The molecule has 0 spiro atoms. The maximum atomic E-state index is 12.8. The van der Waals surface area contributed by atoms with E-state index in [1.807, 2.05) is 0 Å². The Morgan fingerprint density at radius 3 is 2.68 bits per heavy atom. The molecule has 1 saturated heterocycles. The molecule has 0 aromatic carbocycles. The molecule has 2 aliphatic heterocycles. The molecule has 2 atom stereocenters. The monoisotopic (exact) mass is 535 g/mol. The number of amides is 4. The molecule has 1 unspecified atom stereocenters. The number of rotatable bonds is 8. The number of carbonyl (C=O) groups excluding carboxylic acids is 4. The summed E-state index contributed by atoms with van der Waals surface area (Å²) in [6.45, 7) is 0.0320. The Kier molecular flexibility index (Phi) is 9.84. The van der Waals surface area contributed by atoms with Gasteiger partial charge >= 0.3 is 41.4 Å². The van der Waals surface area contributed by atoms with Crippen LogP contribution in [0.25, 0.3) is 0 Å². The van der Waals surface area contributed by atoms with E-state index in [0.717, 1.165) is 11.3 Å². The van der Waals surface area contributed by atoms with Crippen molar-refractivity contribution in [1.29, 1.82) is 0 Å². The average molecular weight is 536 g/mol. The predicted octanol–water partition coefficient (Wildman–Crippen LogP) is -5.59. The molecule has 1 fully saturated rings. The van der Waals surface area contributed by atoms with Gasteiger partial charge in [-0.1, -0.05) is 17.4 Å². The average Bonchev–Trinajstić information content (AvgIpc) is 3.20. The number of thioether (sulfide) groups is 1. The van der Waals surface area contributed by atoms with Gasteiger partial charge in [0.05, 0.1) is 0 Å². The van der Waals surface area contributed by atoms with E-state index in [9.17, 15) is 24.3 Å². The number of hydrogen-bond donors (Lipinski definition) is 4. The normalized spacial score (nSPS) is 19.4. The summed E-state index contributed by atoms with van der Waals surface area (Å²) in [6.07, 6.45) is 0.188. The molecule has 0 radical (unpaired) electrons. The first-order chi connectivity index (χ1) is 15.6. The smallest absolute Gasteiger partial charge is 0.863 e. The number of aromatic nitrogens is 1. The number of nitrogens with zero attached hydrogens (tertiary/aromatic N) is 3. The number of nitrogens with one attached hydrogen (secondary N) is 2. The van der Waals surface area contributed by atoms with Crippen LogP contribution in [0.3, 0.4) is 0 Å². The van der Waals surface area contributed by atoms with Crippen LogP contribution in [0.1, 0.15) is 12.1 Å². The Bertz CT molecular complexity index is 1090. The third-order valence-corrected chi connectivity index (χ3v) is 6.83. The van der Waals surface area contributed by atoms with Crippen molar-refractivity contribution in [1.82, 2.24) is 20.5 Å². The molecule has 0 saturated carbocycles. The van der Waals surface area contributed by atoms with Gasteiger partial charge in [-0.05, 0) is 17.0 Å². The molecule has 3 heterocycles. The maximum Gasteiger partial charge on any atom is 1.00 e. The van der Waals surface area contributed by atoms with Crippen molar-refractivity contribution in [2.45, 2.75) is 17.8 Å². The number of nitrogen functional groups attached to an aromatic ring is 1. The summed E-state index contributed by atoms with van der Waals surface area (Å²) in [6, 6.07) is -0.930. The van der Waals surface area contributed by atoms with Crippen LogP contribution in [0.5, 0.6) is 0 Å². The van der Waals surface area contributed by atoms with Crippen molar-refractivity contribution in [2.75, 3.05) is 25.1 Å². The summed E-state index contributed by atoms with van der Waals surface area (Å²) in [5.74, 6) is -2.98. The molecule has 176 valence electrons. The first-order valence-electron chi connectivity index (χ1n) is 9.24. The van der Waals surface area contributed by atoms with Gasteiger partial charge in [0.25, 0.3) is 11.8 Å². The molecule has 17 heteroatoms. The zero-order chi connectivity index (χ0) is 24.3. The second-order valence-electron chi connectivity index (χ2n) is 6.66. The van der Waals surface area contributed by atoms with Crippen LogP contribution in [0.15, 0.2) is 21.8 Å². The number of thiocarbonyl (C=S) groups is 1. The molecular weight excluding hydrogens is 517 g/mol. The zero-order valence-electron chi connectivity index (χ0n) is 18.0.